The van der Waals surface area contributed by atoms with E-state index >= 15 is 0 Å². The van der Waals surface area contributed by atoms with Crippen LogP contribution in [0.3, 0.4) is 0 Å². The average molecular weight is 329 g/mol. The Balaban J connectivity index is 3.15. The molecule has 0 aliphatic carbocycles. The van der Waals surface area contributed by atoms with Crippen LogP contribution in [0.15, 0.2) is 27.6 Å². The highest BCUT2D eigenvalue weighted by atomic mass is 79.9. The van der Waals surface area contributed by atoms with E-state index in [2.05, 4.69) is 20.7 Å². The van der Waals surface area contributed by atoms with Crippen molar-refractivity contribution in [2.75, 3.05) is 19.5 Å². The van der Waals surface area contributed by atoms with Crippen molar-refractivity contribution in [1.29, 1.82) is 0 Å². The van der Waals surface area contributed by atoms with Gasteiger partial charge in [0.2, 0.25) is 10.0 Å². The van der Waals surface area contributed by atoms with Crippen LogP contribution in [0.4, 0.5) is 0 Å². The Morgan fingerprint density at radius 1 is 1.50 bits per heavy atom. The summed E-state index contributed by atoms with van der Waals surface area (Å²) in [6.07, 6.45) is 0. The van der Waals surface area contributed by atoms with E-state index < -0.39 is 10.0 Å². The number of ether oxygens (including phenoxy) is 1. The molecule has 0 saturated heterocycles. The number of hydrogen-bond acceptors (Lipinski definition) is 3. The molecule has 1 N–H and O–H groups in total. The molecule has 0 radical (unpaired) electrons. The van der Waals surface area contributed by atoms with E-state index in [1.54, 1.807) is 12.1 Å². The Morgan fingerprint density at radius 3 is 2.75 bits per heavy atom. The van der Waals surface area contributed by atoms with Gasteiger partial charge >= 0.3 is 0 Å². The molecule has 0 aromatic heterocycles. The van der Waals surface area contributed by atoms with E-state index in [-0.39, 0.29) is 17.3 Å². The molecule has 16 heavy (non-hydrogen) atoms. The number of halogens is 2. The first kappa shape index (κ1) is 13.8. The van der Waals surface area contributed by atoms with Crippen molar-refractivity contribution in [2.24, 2.45) is 0 Å². The fraction of sp³-hybridized carbons (Fsp3) is 0.333. The second-order valence-electron chi connectivity index (χ2n) is 2.88. The molecule has 4 nitrogen and oxygen atoms in total. The second kappa shape index (κ2) is 5.86. The molecule has 0 spiro atoms. The highest BCUT2D eigenvalue weighted by molar-refractivity contribution is 9.10. The van der Waals surface area contributed by atoms with Gasteiger partial charge in [0.15, 0.2) is 0 Å². The van der Waals surface area contributed by atoms with Crippen LogP contribution in [0.25, 0.3) is 0 Å². The molecule has 0 fully saturated rings. The Hall–Kier alpha value is -0.300. The predicted octanol–water partition coefficient (Wildman–Crippen LogP) is 1.97. The van der Waals surface area contributed by atoms with Crippen LogP contribution >= 0.6 is 27.5 Å². The van der Waals surface area contributed by atoms with E-state index in [0.717, 1.165) is 0 Å². The quantitative estimate of drug-likeness (QED) is 0.841. The summed E-state index contributed by atoms with van der Waals surface area (Å²) in [5.74, 6) is 0.514. The molecule has 0 aliphatic rings. The lowest BCUT2D eigenvalue weighted by molar-refractivity contribution is 0.402. The van der Waals surface area contributed by atoms with Crippen molar-refractivity contribution in [2.45, 2.75) is 4.90 Å². The first-order valence-electron chi connectivity index (χ1n) is 4.40. The number of hydrogen-bond donors (Lipinski definition) is 1. The van der Waals surface area contributed by atoms with Crippen molar-refractivity contribution in [3.05, 3.63) is 22.7 Å². The maximum absolute atomic E-state index is 11.9. The summed E-state index contributed by atoms with van der Waals surface area (Å²) < 4.78 is 31.7. The SMILES string of the molecule is COc1ccc(Br)cc1S(=O)(=O)NCCCl. The molecule has 1 rings (SSSR count). The van der Waals surface area contributed by atoms with Crippen LogP contribution in [-0.4, -0.2) is 28.0 Å². The van der Waals surface area contributed by atoms with Gasteiger partial charge in [0.05, 0.1) is 7.11 Å². The Kier molecular flexibility index (Phi) is 5.04. The zero-order chi connectivity index (χ0) is 12.2. The molecule has 0 aliphatic heterocycles. The molecule has 0 amide bonds. The maximum Gasteiger partial charge on any atom is 0.244 e. The zero-order valence-electron chi connectivity index (χ0n) is 8.54. The number of nitrogens with one attached hydrogen (secondary N) is 1. The van der Waals surface area contributed by atoms with E-state index in [1.807, 2.05) is 0 Å². The van der Waals surface area contributed by atoms with E-state index in [0.29, 0.717) is 10.2 Å². The van der Waals surface area contributed by atoms with Crippen LogP contribution in [0.2, 0.25) is 0 Å². The largest absolute Gasteiger partial charge is 0.495 e. The van der Waals surface area contributed by atoms with E-state index in [1.165, 1.54) is 13.2 Å². The predicted molar refractivity (Wildman–Crippen MR) is 66.6 cm³/mol. The molecule has 0 bridgehead atoms. The number of benzene rings is 1. The summed E-state index contributed by atoms with van der Waals surface area (Å²) in [5.41, 5.74) is 0. The van der Waals surface area contributed by atoms with E-state index in [4.69, 9.17) is 16.3 Å². The lowest BCUT2D eigenvalue weighted by Crippen LogP contribution is -2.26. The second-order valence-corrected chi connectivity index (χ2v) is 5.91. The highest BCUT2D eigenvalue weighted by Gasteiger charge is 2.18. The molecule has 0 unspecified atom stereocenters. The molecule has 7 heteroatoms. The smallest absolute Gasteiger partial charge is 0.244 e. The van der Waals surface area contributed by atoms with Crippen LogP contribution < -0.4 is 9.46 Å². The Labute approximate surface area is 108 Å². The number of rotatable bonds is 5. The normalized spacial score (nSPS) is 11.4. The lowest BCUT2D eigenvalue weighted by Gasteiger charge is -2.10. The van der Waals surface area contributed by atoms with Gasteiger partial charge < -0.3 is 4.74 Å². The topological polar surface area (TPSA) is 55.4 Å². The van der Waals surface area contributed by atoms with Gasteiger partial charge in [0, 0.05) is 16.9 Å². The monoisotopic (exact) mass is 327 g/mol. The van der Waals surface area contributed by atoms with Crippen molar-refractivity contribution in [1.82, 2.24) is 4.72 Å². The van der Waals surface area contributed by atoms with Gasteiger partial charge in [-0.25, -0.2) is 13.1 Å². The van der Waals surface area contributed by atoms with Crippen LogP contribution in [0.1, 0.15) is 0 Å². The molecule has 0 atom stereocenters. The maximum atomic E-state index is 11.9. The summed E-state index contributed by atoms with van der Waals surface area (Å²) >= 11 is 8.64. The minimum atomic E-state index is -3.58. The van der Waals surface area contributed by atoms with Gasteiger partial charge in [0.25, 0.3) is 0 Å². The fourth-order valence-corrected chi connectivity index (χ4v) is 3.06. The molecule has 1 aromatic carbocycles. The van der Waals surface area contributed by atoms with Gasteiger partial charge in [-0.15, -0.1) is 11.6 Å². The van der Waals surface area contributed by atoms with E-state index in [9.17, 15) is 8.42 Å². The van der Waals surface area contributed by atoms with Crippen LogP contribution in [0.5, 0.6) is 5.75 Å². The Bertz CT molecular complexity index is 464. The summed E-state index contributed by atoms with van der Waals surface area (Å²) in [6, 6.07) is 4.77. The average Bonchev–Trinajstić information content (AvgIpc) is 2.26. The summed E-state index contributed by atoms with van der Waals surface area (Å²) in [7, 11) is -2.16. The number of sulfonamides is 1. The summed E-state index contributed by atoms with van der Waals surface area (Å²) in [5, 5.41) is 0. The third kappa shape index (κ3) is 3.35. The summed E-state index contributed by atoms with van der Waals surface area (Å²) in [6.45, 7) is 0.180. The molecular weight excluding hydrogens is 318 g/mol. The standard InChI is InChI=1S/C9H11BrClNO3S/c1-15-8-3-2-7(10)6-9(8)16(13,14)12-5-4-11/h2-3,6,12H,4-5H2,1H3. The number of methoxy groups -OCH3 is 1. The van der Waals surface area contributed by atoms with Crippen molar-refractivity contribution < 1.29 is 13.2 Å². The molecule has 90 valence electrons. The fourth-order valence-electron chi connectivity index (χ4n) is 1.11. The Morgan fingerprint density at radius 2 is 2.19 bits per heavy atom. The van der Waals surface area contributed by atoms with Crippen LogP contribution in [-0.2, 0) is 10.0 Å². The number of alkyl halides is 1. The minimum absolute atomic E-state index is 0.0921. The summed E-state index contributed by atoms with van der Waals surface area (Å²) in [4.78, 5) is 0.0921. The zero-order valence-corrected chi connectivity index (χ0v) is 11.7. The van der Waals surface area contributed by atoms with Gasteiger partial charge in [-0.05, 0) is 18.2 Å². The highest BCUT2D eigenvalue weighted by Crippen LogP contribution is 2.26. The third-order valence-electron chi connectivity index (χ3n) is 1.80. The van der Waals surface area contributed by atoms with Gasteiger partial charge in [-0.2, -0.15) is 0 Å². The molecular formula is C9H11BrClNO3S. The van der Waals surface area contributed by atoms with Gasteiger partial charge in [-0.1, -0.05) is 15.9 Å². The molecule has 0 saturated carbocycles. The van der Waals surface area contributed by atoms with Crippen LogP contribution in [0, 0.1) is 0 Å². The third-order valence-corrected chi connectivity index (χ3v) is 3.97. The van der Waals surface area contributed by atoms with Crippen molar-refractivity contribution in [3.8, 4) is 5.75 Å². The molecule has 1 aromatic rings. The lowest BCUT2D eigenvalue weighted by atomic mass is 10.3. The minimum Gasteiger partial charge on any atom is -0.495 e. The van der Waals surface area contributed by atoms with Gasteiger partial charge in [-0.3, -0.25) is 0 Å². The van der Waals surface area contributed by atoms with Gasteiger partial charge in [0.1, 0.15) is 10.6 Å². The van der Waals surface area contributed by atoms with Crippen molar-refractivity contribution in [3.63, 3.8) is 0 Å². The van der Waals surface area contributed by atoms with Crippen molar-refractivity contribution >= 4 is 37.6 Å². The first-order valence-corrected chi connectivity index (χ1v) is 7.21. The molecule has 0 heterocycles. The first-order chi connectivity index (χ1) is 7.51.